The maximum Gasteiger partial charge on any atom is 0.291 e. The first kappa shape index (κ1) is 34.5. The van der Waals surface area contributed by atoms with Crippen LogP contribution in [0.5, 0.6) is 5.88 Å². The molecule has 7 rings (SSSR count). The third kappa shape index (κ3) is 7.42. The number of carbonyl (C=O) groups is 2. The Balaban J connectivity index is 1.06. The maximum absolute atomic E-state index is 13.6. The molecule has 51 heavy (non-hydrogen) atoms. The fourth-order valence-electron chi connectivity index (χ4n) is 6.48. The summed E-state index contributed by atoms with van der Waals surface area (Å²) in [7, 11) is 3.42. The molecule has 2 aliphatic rings. The zero-order valence-electron chi connectivity index (χ0n) is 28.0. The number of aromatic nitrogens is 8. The predicted octanol–water partition coefficient (Wildman–Crippen LogP) is 3.59. The van der Waals surface area contributed by atoms with E-state index in [-0.39, 0.29) is 22.9 Å². The van der Waals surface area contributed by atoms with Gasteiger partial charge in [-0.05, 0) is 24.6 Å². The lowest BCUT2D eigenvalue weighted by Gasteiger charge is -2.25. The minimum Gasteiger partial charge on any atom is -0.481 e. The molecule has 1 saturated heterocycles. The van der Waals surface area contributed by atoms with E-state index in [2.05, 4.69) is 46.5 Å². The number of carbonyl (C=O) groups excluding carboxylic acids is 2. The number of tetrazole rings is 1. The molecule has 4 N–H and O–H groups in total. The first-order valence-corrected chi connectivity index (χ1v) is 17.3. The summed E-state index contributed by atoms with van der Waals surface area (Å²) in [6.45, 7) is 3.38. The van der Waals surface area contributed by atoms with Gasteiger partial charge >= 0.3 is 0 Å². The number of H-pyrrole nitrogens is 1. The number of anilines is 1. The maximum atomic E-state index is 13.6. The number of hydrogen-bond acceptors (Lipinski definition) is 11. The van der Waals surface area contributed by atoms with Gasteiger partial charge in [-0.25, -0.2) is 9.97 Å². The Morgan fingerprint density at radius 2 is 1.98 bits per heavy atom. The summed E-state index contributed by atoms with van der Waals surface area (Å²) < 4.78 is 7.46. The number of fused-ring (bicyclic) bond motifs is 1. The van der Waals surface area contributed by atoms with Crippen LogP contribution in [0.4, 0.5) is 5.69 Å². The first-order valence-electron chi connectivity index (χ1n) is 16.6. The van der Waals surface area contributed by atoms with Crippen molar-refractivity contribution < 1.29 is 14.3 Å². The number of ether oxygens (including phenoxy) is 1. The molecule has 0 aliphatic carbocycles. The van der Waals surface area contributed by atoms with E-state index in [4.69, 9.17) is 37.9 Å². The number of methoxy groups -OCH3 is 1. The zero-order valence-corrected chi connectivity index (χ0v) is 29.6. The Morgan fingerprint density at radius 1 is 1.10 bits per heavy atom. The Labute approximate surface area is 303 Å². The molecular weight excluding hydrogens is 695 g/mol. The van der Waals surface area contributed by atoms with E-state index in [1.165, 1.54) is 0 Å². The van der Waals surface area contributed by atoms with Crippen molar-refractivity contribution >= 4 is 40.7 Å². The standard InChI is InChI=1S/C34H36Cl2N12O3/c1-47-26-11-14-48(15-12-27-43-45-46-44-27)18-25(26)40-32(47)33(50)41-24-5-3-4-22(29(24)35)31-30(36)21(10-13-38-31)23-8-6-19(34(42-23)51-2)16-37-17-20-7-9-28(49)39-20/h3-6,8,10,13,20,37H,7,9,11-12,14-18H2,1-2H3,(H,39,49)(H,41,50)(H,43,44,45,46). The van der Waals surface area contributed by atoms with E-state index in [9.17, 15) is 9.59 Å². The number of aromatic amines is 1. The number of benzene rings is 1. The van der Waals surface area contributed by atoms with Gasteiger partial charge in [0.15, 0.2) is 11.6 Å². The van der Waals surface area contributed by atoms with Crippen LogP contribution in [-0.4, -0.2) is 89.6 Å². The van der Waals surface area contributed by atoms with Gasteiger partial charge in [-0.15, -0.1) is 10.2 Å². The molecule has 6 heterocycles. The third-order valence-electron chi connectivity index (χ3n) is 9.17. The van der Waals surface area contributed by atoms with Crippen molar-refractivity contribution in [1.82, 2.24) is 55.7 Å². The highest BCUT2D eigenvalue weighted by atomic mass is 35.5. The average Bonchev–Trinajstić information content (AvgIpc) is 3.89. The number of pyridine rings is 2. The molecule has 15 nitrogen and oxygen atoms in total. The number of imidazole rings is 1. The van der Waals surface area contributed by atoms with Gasteiger partial charge in [0.05, 0.1) is 39.9 Å². The van der Waals surface area contributed by atoms with E-state index in [0.29, 0.717) is 83.2 Å². The van der Waals surface area contributed by atoms with Crippen LogP contribution in [-0.2, 0) is 37.8 Å². The molecule has 1 unspecified atom stereocenters. The molecule has 1 aromatic carbocycles. The van der Waals surface area contributed by atoms with E-state index in [1.807, 2.05) is 23.7 Å². The molecule has 1 atom stereocenters. The summed E-state index contributed by atoms with van der Waals surface area (Å²) >= 11 is 13.9. The molecule has 0 radical (unpaired) electrons. The third-order valence-corrected chi connectivity index (χ3v) is 9.96. The van der Waals surface area contributed by atoms with Gasteiger partial charge in [0.1, 0.15) is 0 Å². The normalized spacial score (nSPS) is 15.8. The number of nitrogens with zero attached hydrogens (tertiary/aromatic N) is 8. The van der Waals surface area contributed by atoms with Crippen LogP contribution >= 0.6 is 23.2 Å². The second kappa shape index (κ2) is 15.1. The van der Waals surface area contributed by atoms with E-state index in [0.717, 1.165) is 42.9 Å². The van der Waals surface area contributed by atoms with Gasteiger partial charge in [-0.2, -0.15) is 5.21 Å². The van der Waals surface area contributed by atoms with Crippen molar-refractivity contribution in [2.75, 3.05) is 32.1 Å². The molecule has 2 aliphatic heterocycles. The predicted molar refractivity (Wildman–Crippen MR) is 190 cm³/mol. The lowest BCUT2D eigenvalue weighted by molar-refractivity contribution is -0.119. The minimum atomic E-state index is -0.379. The van der Waals surface area contributed by atoms with Crippen LogP contribution in [0.15, 0.2) is 42.6 Å². The average molecular weight is 732 g/mol. The summed E-state index contributed by atoms with van der Waals surface area (Å²) in [5, 5.41) is 24.1. The van der Waals surface area contributed by atoms with Crippen molar-refractivity contribution in [3.63, 3.8) is 0 Å². The van der Waals surface area contributed by atoms with Crippen molar-refractivity contribution in [2.45, 2.75) is 44.8 Å². The SMILES string of the molecule is COc1nc(-c2ccnc(-c3cccc(NC(=O)c4nc5c(n4C)CCN(CCc4nn[nH]n4)C5)c3Cl)c2Cl)ccc1CNCC1CCC(=O)N1. The summed E-state index contributed by atoms with van der Waals surface area (Å²) in [4.78, 5) is 41.4. The topological polar surface area (TPSA) is 181 Å². The Hall–Kier alpha value is -4.96. The van der Waals surface area contributed by atoms with E-state index in [1.54, 1.807) is 37.6 Å². The van der Waals surface area contributed by atoms with Gasteiger partial charge in [0.2, 0.25) is 11.8 Å². The minimum absolute atomic E-state index is 0.0851. The van der Waals surface area contributed by atoms with Crippen LogP contribution < -0.4 is 20.7 Å². The molecule has 4 aromatic heterocycles. The van der Waals surface area contributed by atoms with Gasteiger partial charge in [-0.1, -0.05) is 46.6 Å². The smallest absolute Gasteiger partial charge is 0.291 e. The summed E-state index contributed by atoms with van der Waals surface area (Å²) in [5.41, 5.74) is 5.38. The molecule has 0 spiro atoms. The zero-order chi connectivity index (χ0) is 35.5. The van der Waals surface area contributed by atoms with Crippen LogP contribution in [0.2, 0.25) is 10.0 Å². The Bertz CT molecular complexity index is 2070. The van der Waals surface area contributed by atoms with Gasteiger partial charge < -0.3 is 25.3 Å². The van der Waals surface area contributed by atoms with Gasteiger partial charge in [0, 0.05) is 93.7 Å². The highest BCUT2D eigenvalue weighted by Gasteiger charge is 2.27. The van der Waals surface area contributed by atoms with Crippen molar-refractivity contribution in [3.8, 4) is 28.4 Å². The van der Waals surface area contributed by atoms with Crippen LogP contribution in [0.3, 0.4) is 0 Å². The molecule has 0 bridgehead atoms. The molecule has 17 heteroatoms. The summed E-state index contributed by atoms with van der Waals surface area (Å²) in [6.07, 6.45) is 4.45. The molecule has 264 valence electrons. The highest BCUT2D eigenvalue weighted by molar-refractivity contribution is 6.39. The molecule has 0 saturated carbocycles. The monoisotopic (exact) mass is 730 g/mol. The van der Waals surface area contributed by atoms with Crippen LogP contribution in [0.25, 0.3) is 22.5 Å². The molecule has 1 fully saturated rings. The quantitative estimate of drug-likeness (QED) is 0.147. The van der Waals surface area contributed by atoms with Crippen LogP contribution in [0, 0.1) is 0 Å². The highest BCUT2D eigenvalue weighted by Crippen LogP contribution is 2.40. The number of hydrogen-bond donors (Lipinski definition) is 4. The fourth-order valence-corrected chi connectivity index (χ4v) is 7.06. The van der Waals surface area contributed by atoms with Crippen molar-refractivity contribution in [2.24, 2.45) is 7.05 Å². The Morgan fingerprint density at radius 3 is 2.76 bits per heavy atom. The van der Waals surface area contributed by atoms with Gasteiger partial charge in [-0.3, -0.25) is 19.5 Å². The van der Waals surface area contributed by atoms with Crippen LogP contribution in [0.1, 0.15) is 46.2 Å². The molecule has 2 amide bonds. The Kier molecular flexibility index (Phi) is 10.2. The summed E-state index contributed by atoms with van der Waals surface area (Å²) in [5.74, 6) is 1.12. The first-order chi connectivity index (χ1) is 24.8. The van der Waals surface area contributed by atoms with Crippen molar-refractivity contribution in [3.05, 3.63) is 81.2 Å². The lowest BCUT2D eigenvalue weighted by Crippen LogP contribution is -2.35. The number of rotatable bonds is 12. The number of halogens is 2. The molecular formula is C34H36Cl2N12O3. The number of nitrogens with one attached hydrogen (secondary N) is 4. The fraction of sp³-hybridized carbons (Fsp3) is 0.353. The molecule has 5 aromatic rings. The van der Waals surface area contributed by atoms with Gasteiger partial charge in [0.25, 0.3) is 5.91 Å². The van der Waals surface area contributed by atoms with E-state index >= 15 is 0 Å². The largest absolute Gasteiger partial charge is 0.481 e. The lowest BCUT2D eigenvalue weighted by atomic mass is 10.1. The second-order valence-electron chi connectivity index (χ2n) is 12.4. The van der Waals surface area contributed by atoms with Crippen molar-refractivity contribution in [1.29, 1.82) is 0 Å². The second-order valence-corrected chi connectivity index (χ2v) is 13.2. The number of amides is 2. The van der Waals surface area contributed by atoms with E-state index < -0.39 is 0 Å². The summed E-state index contributed by atoms with van der Waals surface area (Å²) in [6, 6.07) is 11.0.